The molecule has 3 aromatic rings. The minimum atomic E-state index is -0.0610. The Kier molecular flexibility index (Phi) is 5.05. The van der Waals surface area contributed by atoms with E-state index in [0.29, 0.717) is 23.1 Å². The van der Waals surface area contributed by atoms with E-state index in [4.69, 9.17) is 16.3 Å². The summed E-state index contributed by atoms with van der Waals surface area (Å²) in [5.74, 6) is 0.749. The third kappa shape index (κ3) is 3.80. The van der Waals surface area contributed by atoms with E-state index < -0.39 is 0 Å². The van der Waals surface area contributed by atoms with Crippen LogP contribution in [-0.2, 0) is 6.54 Å². The number of fused-ring (bicyclic) bond motifs is 1. The van der Waals surface area contributed by atoms with Gasteiger partial charge >= 0.3 is 0 Å². The van der Waals surface area contributed by atoms with Gasteiger partial charge in [-0.1, -0.05) is 35.9 Å². The van der Waals surface area contributed by atoms with Crippen molar-refractivity contribution in [3.63, 3.8) is 0 Å². The predicted molar refractivity (Wildman–Crippen MR) is 111 cm³/mol. The van der Waals surface area contributed by atoms with E-state index in [9.17, 15) is 4.79 Å². The number of nitrogens with one attached hydrogen (secondary N) is 1. The molecule has 6 heteroatoms. The molecule has 4 nitrogen and oxygen atoms in total. The Hall–Kier alpha value is -2.50. The Morgan fingerprint density at radius 2 is 2.07 bits per heavy atom. The van der Waals surface area contributed by atoms with Gasteiger partial charge in [-0.15, -0.1) is 11.3 Å². The lowest BCUT2D eigenvalue weighted by Crippen LogP contribution is -2.27. The number of aryl methyl sites for hydroxylation is 1. The van der Waals surface area contributed by atoms with Gasteiger partial charge in [-0.2, -0.15) is 0 Å². The highest BCUT2D eigenvalue weighted by Crippen LogP contribution is 2.40. The van der Waals surface area contributed by atoms with Crippen LogP contribution in [0.3, 0.4) is 0 Å². The van der Waals surface area contributed by atoms with Gasteiger partial charge in [0.15, 0.2) is 0 Å². The summed E-state index contributed by atoms with van der Waals surface area (Å²) in [6.45, 7) is 3.89. The van der Waals surface area contributed by atoms with Crippen molar-refractivity contribution >= 4 is 39.5 Å². The first-order valence-corrected chi connectivity index (χ1v) is 9.94. The molecular weight excluding hydrogens is 380 g/mol. The summed E-state index contributed by atoms with van der Waals surface area (Å²) in [6, 6.07) is 17.5. The van der Waals surface area contributed by atoms with Crippen LogP contribution < -0.4 is 15.0 Å². The lowest BCUT2D eigenvalue weighted by molar-refractivity contribution is 0.0955. The summed E-state index contributed by atoms with van der Waals surface area (Å²) < 4.78 is 5.71. The average molecular weight is 399 g/mol. The zero-order valence-electron chi connectivity index (χ0n) is 14.9. The lowest BCUT2D eigenvalue weighted by Gasteiger charge is -2.30. The van der Waals surface area contributed by atoms with Crippen molar-refractivity contribution in [2.45, 2.75) is 13.5 Å². The van der Waals surface area contributed by atoms with Crippen molar-refractivity contribution in [1.82, 2.24) is 5.32 Å². The van der Waals surface area contributed by atoms with Crippen LogP contribution >= 0.6 is 22.9 Å². The van der Waals surface area contributed by atoms with Crippen LogP contribution in [0.15, 0.2) is 54.6 Å². The van der Waals surface area contributed by atoms with E-state index in [1.165, 1.54) is 16.9 Å². The van der Waals surface area contributed by atoms with Crippen LogP contribution in [-0.4, -0.2) is 19.1 Å². The number of carbonyl (C=O) groups is 1. The fourth-order valence-electron chi connectivity index (χ4n) is 3.09. The standard InChI is InChI=1S/C21H19ClN2O2S/c1-14-4-2-3-5-15(14)13-23-21(25)19-8-9-20(27-19)24-10-11-26-18-7-6-16(22)12-17(18)24/h2-9,12H,10-11,13H2,1H3,(H,23,25). The maximum absolute atomic E-state index is 12.6. The second kappa shape index (κ2) is 7.62. The van der Waals surface area contributed by atoms with Crippen LogP contribution in [0, 0.1) is 6.92 Å². The summed E-state index contributed by atoms with van der Waals surface area (Å²) >= 11 is 7.63. The van der Waals surface area contributed by atoms with Gasteiger partial charge < -0.3 is 15.0 Å². The molecule has 0 radical (unpaired) electrons. The Morgan fingerprint density at radius 3 is 2.93 bits per heavy atom. The molecule has 0 unspecified atom stereocenters. The molecule has 0 aliphatic carbocycles. The molecule has 0 atom stereocenters. The number of ether oxygens (including phenoxy) is 1. The first kappa shape index (κ1) is 17.9. The molecule has 0 fully saturated rings. The smallest absolute Gasteiger partial charge is 0.261 e. The van der Waals surface area contributed by atoms with Crippen LogP contribution in [0.5, 0.6) is 5.75 Å². The number of amides is 1. The van der Waals surface area contributed by atoms with Crippen LogP contribution in [0.2, 0.25) is 5.02 Å². The number of halogens is 1. The van der Waals surface area contributed by atoms with E-state index >= 15 is 0 Å². The van der Waals surface area contributed by atoms with E-state index in [1.54, 1.807) is 0 Å². The summed E-state index contributed by atoms with van der Waals surface area (Å²) in [5.41, 5.74) is 3.23. The zero-order valence-corrected chi connectivity index (χ0v) is 16.4. The van der Waals surface area contributed by atoms with E-state index in [2.05, 4.69) is 10.2 Å². The van der Waals surface area contributed by atoms with Gasteiger partial charge in [-0.25, -0.2) is 0 Å². The molecule has 2 heterocycles. The van der Waals surface area contributed by atoms with Crippen molar-refractivity contribution in [2.24, 2.45) is 0 Å². The average Bonchev–Trinajstić information content (AvgIpc) is 3.16. The molecule has 0 saturated carbocycles. The van der Waals surface area contributed by atoms with Gasteiger partial charge in [0.2, 0.25) is 0 Å². The first-order valence-electron chi connectivity index (χ1n) is 8.74. The number of hydrogen-bond acceptors (Lipinski definition) is 4. The van der Waals surface area contributed by atoms with E-state index in [0.717, 1.165) is 28.5 Å². The molecule has 1 aliphatic rings. The Balaban J connectivity index is 1.50. The molecule has 2 aromatic carbocycles. The molecule has 1 amide bonds. The van der Waals surface area contributed by atoms with Gasteiger partial charge in [0.25, 0.3) is 5.91 Å². The number of rotatable bonds is 4. The molecule has 0 saturated heterocycles. The summed E-state index contributed by atoms with van der Waals surface area (Å²) in [5, 5.41) is 4.67. The molecule has 138 valence electrons. The second-order valence-corrected chi connectivity index (χ2v) is 7.86. The maximum Gasteiger partial charge on any atom is 0.261 e. The number of anilines is 2. The summed E-state index contributed by atoms with van der Waals surface area (Å²) in [4.78, 5) is 15.4. The largest absolute Gasteiger partial charge is 0.490 e. The molecular formula is C21H19ClN2O2S. The topological polar surface area (TPSA) is 41.6 Å². The van der Waals surface area contributed by atoms with Crippen LogP contribution in [0.25, 0.3) is 0 Å². The van der Waals surface area contributed by atoms with E-state index in [-0.39, 0.29) is 5.91 Å². The van der Waals surface area contributed by atoms with Crippen molar-refractivity contribution in [1.29, 1.82) is 0 Å². The van der Waals surface area contributed by atoms with Crippen molar-refractivity contribution in [2.75, 3.05) is 18.1 Å². The molecule has 0 spiro atoms. The van der Waals surface area contributed by atoms with Gasteiger partial charge in [0.05, 0.1) is 22.1 Å². The minimum Gasteiger partial charge on any atom is -0.490 e. The number of carbonyl (C=O) groups excluding carboxylic acids is 1. The van der Waals surface area contributed by atoms with Crippen LogP contribution in [0.1, 0.15) is 20.8 Å². The molecule has 27 heavy (non-hydrogen) atoms. The first-order chi connectivity index (χ1) is 13.1. The number of thiophene rings is 1. The predicted octanol–water partition coefficient (Wildman–Crippen LogP) is 5.17. The van der Waals surface area contributed by atoms with Gasteiger partial charge in [0, 0.05) is 11.6 Å². The highest BCUT2D eigenvalue weighted by Gasteiger charge is 2.22. The second-order valence-electron chi connectivity index (χ2n) is 6.36. The third-order valence-corrected chi connectivity index (χ3v) is 5.91. The maximum atomic E-state index is 12.6. The quantitative estimate of drug-likeness (QED) is 0.659. The SMILES string of the molecule is Cc1ccccc1CNC(=O)c1ccc(N2CCOc3ccc(Cl)cc32)s1. The van der Waals surface area contributed by atoms with Gasteiger partial charge in [0.1, 0.15) is 12.4 Å². The molecule has 4 rings (SSSR count). The van der Waals surface area contributed by atoms with Crippen molar-refractivity contribution in [3.8, 4) is 5.75 Å². The summed E-state index contributed by atoms with van der Waals surface area (Å²) in [7, 11) is 0. The van der Waals surface area contributed by atoms with Crippen molar-refractivity contribution < 1.29 is 9.53 Å². The third-order valence-electron chi connectivity index (χ3n) is 4.57. The van der Waals surface area contributed by atoms with Crippen LogP contribution in [0.4, 0.5) is 10.7 Å². The molecule has 1 aromatic heterocycles. The normalized spacial score (nSPS) is 13.0. The van der Waals surface area contributed by atoms with Gasteiger partial charge in [-0.3, -0.25) is 4.79 Å². The highest BCUT2D eigenvalue weighted by molar-refractivity contribution is 7.18. The molecule has 1 aliphatic heterocycles. The number of benzene rings is 2. The monoisotopic (exact) mass is 398 g/mol. The fraction of sp³-hybridized carbons (Fsp3) is 0.190. The number of nitrogens with zero attached hydrogens (tertiary/aromatic N) is 1. The molecule has 1 N–H and O–H groups in total. The van der Waals surface area contributed by atoms with E-state index in [1.807, 2.05) is 61.5 Å². The zero-order chi connectivity index (χ0) is 18.8. The summed E-state index contributed by atoms with van der Waals surface area (Å²) in [6.07, 6.45) is 0. The Labute approximate surface area is 167 Å². The fourth-order valence-corrected chi connectivity index (χ4v) is 4.21. The number of hydrogen-bond donors (Lipinski definition) is 1. The van der Waals surface area contributed by atoms with Crippen molar-refractivity contribution in [3.05, 3.63) is 75.6 Å². The molecule has 0 bridgehead atoms. The lowest BCUT2D eigenvalue weighted by atomic mass is 10.1. The Bertz CT molecular complexity index is 986. The highest BCUT2D eigenvalue weighted by atomic mass is 35.5. The minimum absolute atomic E-state index is 0.0610. The Morgan fingerprint density at radius 1 is 1.22 bits per heavy atom. The van der Waals surface area contributed by atoms with Gasteiger partial charge in [-0.05, 0) is 48.4 Å².